The minimum absolute atomic E-state index is 0.0235. The second-order valence-corrected chi connectivity index (χ2v) is 19.2. The summed E-state index contributed by atoms with van der Waals surface area (Å²) in [5, 5.41) is 19.4. The van der Waals surface area contributed by atoms with Crippen LogP contribution < -0.4 is 16.1 Å². The summed E-state index contributed by atoms with van der Waals surface area (Å²) in [6, 6.07) is 9.10. The van der Waals surface area contributed by atoms with Crippen LogP contribution in [0.15, 0.2) is 54.9 Å². The average Bonchev–Trinajstić information content (AvgIpc) is 4.04. The predicted octanol–water partition coefficient (Wildman–Crippen LogP) is 4.18. The van der Waals surface area contributed by atoms with Crippen molar-refractivity contribution >= 4 is 46.3 Å². The molecule has 16 heteroatoms. The van der Waals surface area contributed by atoms with Crippen LogP contribution in [0.3, 0.4) is 0 Å². The monoisotopic (exact) mass is 904 g/mol. The van der Waals surface area contributed by atoms with Gasteiger partial charge in [0.05, 0.1) is 24.9 Å². The summed E-state index contributed by atoms with van der Waals surface area (Å²) in [6.45, 7) is 14.1. The third-order valence-electron chi connectivity index (χ3n) is 13.1. The van der Waals surface area contributed by atoms with Crippen LogP contribution in [0.5, 0.6) is 5.75 Å². The van der Waals surface area contributed by atoms with E-state index in [2.05, 4.69) is 71.5 Å². The molecule has 5 heterocycles. The quantitative estimate of drug-likeness (QED) is 0.124. The zero-order valence-electron chi connectivity index (χ0n) is 39.6. The maximum absolute atomic E-state index is 14.7. The van der Waals surface area contributed by atoms with Crippen LogP contribution >= 0.6 is 0 Å². The van der Waals surface area contributed by atoms with Crippen LogP contribution in [0.1, 0.15) is 78.0 Å². The van der Waals surface area contributed by atoms with Gasteiger partial charge in [-0.3, -0.25) is 44.1 Å². The molecule has 7 rings (SSSR count). The van der Waals surface area contributed by atoms with Gasteiger partial charge in [-0.05, 0) is 104 Å². The molecule has 16 nitrogen and oxygen atoms in total. The molecule has 0 radical (unpaired) electrons. The summed E-state index contributed by atoms with van der Waals surface area (Å²) >= 11 is 0. The number of likely N-dealkylation sites (N-methyl/N-ethyl adjacent to an activating group) is 2. The van der Waals surface area contributed by atoms with Gasteiger partial charge in [-0.2, -0.15) is 0 Å². The minimum Gasteiger partial charge on any atom is -0.508 e. The molecule has 4 amide bonds. The number of hydrazine groups is 1. The van der Waals surface area contributed by atoms with Crippen LogP contribution in [0.4, 0.5) is 0 Å². The number of pyridine rings is 1. The number of esters is 1. The topological polar surface area (TPSA) is 205 Å². The number of rotatable bonds is 11. The van der Waals surface area contributed by atoms with Crippen LogP contribution in [0.2, 0.25) is 0 Å². The number of ether oxygens (including phenoxy) is 1. The number of nitrogens with zero attached hydrogens (tertiary/aromatic N) is 5. The van der Waals surface area contributed by atoms with Gasteiger partial charge in [-0.15, -0.1) is 0 Å². The molecule has 2 fully saturated rings. The zero-order chi connectivity index (χ0) is 47.8. The number of amides is 4. The highest BCUT2D eigenvalue weighted by Gasteiger charge is 2.47. The maximum Gasteiger partial charge on any atom is 0.324 e. The lowest BCUT2D eigenvalue weighted by molar-refractivity contribution is -0.155. The first-order valence-corrected chi connectivity index (χ1v) is 23.1. The van der Waals surface area contributed by atoms with Gasteiger partial charge in [0.1, 0.15) is 35.7 Å². The number of carbonyl (C=O) groups is 6. The lowest BCUT2D eigenvalue weighted by atomic mass is 9.84. The Balaban J connectivity index is 1.27. The molecule has 2 saturated heterocycles. The Morgan fingerprint density at radius 1 is 1.03 bits per heavy atom. The summed E-state index contributed by atoms with van der Waals surface area (Å²) in [4.78, 5) is 88.5. The van der Waals surface area contributed by atoms with Gasteiger partial charge in [0.15, 0.2) is 0 Å². The number of fused-ring (bicyclic) bond motifs is 6. The van der Waals surface area contributed by atoms with Crippen molar-refractivity contribution < 1.29 is 38.6 Å². The van der Waals surface area contributed by atoms with E-state index < -0.39 is 71.1 Å². The number of phenols is 1. The van der Waals surface area contributed by atoms with E-state index in [0.717, 1.165) is 45.3 Å². The lowest BCUT2D eigenvalue weighted by Gasteiger charge is -2.37. The number of cyclic esters (lactones) is 1. The summed E-state index contributed by atoms with van der Waals surface area (Å²) in [7, 11) is 2.95. The molecule has 2 aromatic heterocycles. The van der Waals surface area contributed by atoms with E-state index in [-0.39, 0.29) is 37.6 Å². The number of phenolic OH excluding ortho intramolecular Hbond substituents is 1. The van der Waals surface area contributed by atoms with Gasteiger partial charge in [-0.1, -0.05) is 46.8 Å². The Morgan fingerprint density at radius 2 is 1.79 bits per heavy atom. The molecule has 66 heavy (non-hydrogen) atoms. The lowest BCUT2D eigenvalue weighted by Crippen LogP contribution is -2.62. The normalized spacial score (nSPS) is 21.2. The van der Waals surface area contributed by atoms with Crippen molar-refractivity contribution in [3.05, 3.63) is 71.5 Å². The largest absolute Gasteiger partial charge is 0.508 e. The van der Waals surface area contributed by atoms with E-state index in [0.29, 0.717) is 36.9 Å². The number of aromatic hydroxyl groups is 1. The molecule has 352 valence electrons. The number of nitrogens with one attached hydrogen (secondary N) is 3. The molecule has 4 aromatic rings. The highest BCUT2D eigenvalue weighted by Crippen LogP contribution is 2.41. The van der Waals surface area contributed by atoms with Crippen molar-refractivity contribution in [2.24, 2.45) is 11.3 Å². The van der Waals surface area contributed by atoms with Crippen LogP contribution in [-0.4, -0.2) is 129 Å². The number of Topliss-reactive ketones (excluding diaryl/α,β-unsaturated/α-hetero) is 1. The number of aromatic nitrogens is 2. The Kier molecular flexibility index (Phi) is 14.0. The fourth-order valence-electron chi connectivity index (χ4n) is 9.63. The predicted molar refractivity (Wildman–Crippen MR) is 250 cm³/mol. The number of carbonyl (C=O) groups excluding carboxylic acids is 6. The Morgan fingerprint density at radius 3 is 2.47 bits per heavy atom. The van der Waals surface area contributed by atoms with Crippen molar-refractivity contribution in [3.8, 4) is 28.1 Å². The molecule has 6 bridgehead atoms. The number of aryl methyl sites for hydroxylation is 2. The summed E-state index contributed by atoms with van der Waals surface area (Å²) in [5.41, 5.74) is 10.1. The van der Waals surface area contributed by atoms with E-state index >= 15 is 0 Å². The molecule has 0 unspecified atom stereocenters. The van der Waals surface area contributed by atoms with Crippen LogP contribution in [0, 0.1) is 11.3 Å². The highest BCUT2D eigenvalue weighted by atomic mass is 16.5. The van der Waals surface area contributed by atoms with Crippen molar-refractivity contribution in [2.45, 2.75) is 117 Å². The van der Waals surface area contributed by atoms with E-state index in [9.17, 15) is 33.9 Å². The molecular formula is C50H64N8O8. The van der Waals surface area contributed by atoms with E-state index in [4.69, 9.17) is 4.74 Å². The number of hydrogen-bond acceptors (Lipinski definition) is 11. The van der Waals surface area contributed by atoms with Gasteiger partial charge in [0.25, 0.3) is 5.91 Å². The standard InChI is InChI=1S/C50H64N8O8/c1-10-31-16-17-51-25-37(31)45-36-24-50(6,7)27-66-49(65)38-13-12-18-58(54-38)47(63)39(21-30-19-33(22-34(60)20-30)32-14-15-40(35(36)23-32)57(45)11-2)52-46(62)44(28(3)4)56(9)41(61)26-55(8)48(64)43-42(53-43)29(5)59/h14-17,19-20,22-23,25,28,38-39,42-44,53-54,60H,10-13,18,21,24,26-27H2,1-9H3,(H,52,62)/t38-,39-,42-,43-,44-/m0/s1. The third kappa shape index (κ3) is 9.99. The van der Waals surface area contributed by atoms with Crippen molar-refractivity contribution in [2.75, 3.05) is 33.8 Å². The summed E-state index contributed by atoms with van der Waals surface area (Å²) in [6.07, 6.45) is 6.01. The molecule has 0 saturated carbocycles. The third-order valence-corrected chi connectivity index (χ3v) is 13.1. The van der Waals surface area contributed by atoms with Crippen molar-refractivity contribution in [3.63, 3.8) is 0 Å². The fraction of sp³-hybridized carbons (Fsp3) is 0.500. The molecule has 5 atom stereocenters. The number of benzene rings is 2. The smallest absolute Gasteiger partial charge is 0.324 e. The van der Waals surface area contributed by atoms with Gasteiger partial charge in [-0.25, -0.2) is 5.43 Å². The zero-order valence-corrected chi connectivity index (χ0v) is 39.6. The maximum atomic E-state index is 14.7. The van der Waals surface area contributed by atoms with Crippen LogP contribution in [-0.2, 0) is 59.3 Å². The molecular weight excluding hydrogens is 841 g/mol. The molecule has 4 N–H and O–H groups in total. The average molecular weight is 905 g/mol. The number of ketones is 1. The molecule has 0 spiro atoms. The summed E-state index contributed by atoms with van der Waals surface area (Å²) < 4.78 is 8.39. The van der Waals surface area contributed by atoms with Crippen LogP contribution in [0.25, 0.3) is 33.3 Å². The first-order valence-electron chi connectivity index (χ1n) is 23.1. The van der Waals surface area contributed by atoms with E-state index in [1.165, 1.54) is 35.8 Å². The minimum atomic E-state index is -1.20. The van der Waals surface area contributed by atoms with Gasteiger partial charge >= 0.3 is 5.97 Å². The van der Waals surface area contributed by atoms with Crippen molar-refractivity contribution in [1.82, 2.24) is 40.4 Å². The Labute approximate surface area is 386 Å². The fourth-order valence-corrected chi connectivity index (χ4v) is 9.63. The number of hydrogen-bond donors (Lipinski definition) is 4. The molecule has 3 aliphatic heterocycles. The summed E-state index contributed by atoms with van der Waals surface area (Å²) in [5.74, 6) is -3.12. The molecule has 2 aromatic carbocycles. The highest BCUT2D eigenvalue weighted by molar-refractivity contribution is 5.99. The first-order chi connectivity index (χ1) is 31.3. The van der Waals surface area contributed by atoms with Gasteiger partial charge < -0.3 is 29.5 Å². The van der Waals surface area contributed by atoms with Gasteiger partial charge in [0, 0.05) is 67.9 Å². The molecule has 0 aliphatic carbocycles. The van der Waals surface area contributed by atoms with E-state index in [1.807, 2.05) is 24.5 Å². The molecule has 3 aliphatic rings. The Hall–Kier alpha value is -6.13. The van der Waals surface area contributed by atoms with Gasteiger partial charge in [0.2, 0.25) is 17.7 Å². The second kappa shape index (κ2) is 19.4. The SMILES string of the molecule is CCc1ccncc1-c1c2c3cc(ccc3n1CC)-c1cc(O)cc(c1)C[C@H](NC(=O)[C@H](C(C)C)N(C)C(=O)CN(C)C(=O)[C@H]1N[C@H]1C(C)=O)C(=O)N1CCC[C@H](N1)C(=O)OCC(C)(C)C2. The first kappa shape index (κ1) is 47.8. The van der Waals surface area contributed by atoms with E-state index in [1.54, 1.807) is 26.0 Å². The Bertz CT molecular complexity index is 2550. The van der Waals surface area contributed by atoms with Crippen molar-refractivity contribution in [1.29, 1.82) is 0 Å². The second-order valence-electron chi connectivity index (χ2n) is 19.2.